The highest BCUT2D eigenvalue weighted by atomic mass is 79.9. The van der Waals surface area contributed by atoms with E-state index in [0.717, 1.165) is 5.56 Å². The molecule has 0 unspecified atom stereocenters. The van der Waals surface area contributed by atoms with E-state index in [1.165, 1.54) is 0 Å². The van der Waals surface area contributed by atoms with Crippen LogP contribution in [-0.4, -0.2) is 23.2 Å². The topological polar surface area (TPSA) is 70.6 Å². The largest absolute Gasteiger partial charge is 0.496 e. The van der Waals surface area contributed by atoms with Crippen molar-refractivity contribution in [1.82, 2.24) is 5.32 Å². The molecule has 2 rings (SSSR count). The second kappa shape index (κ2) is 8.05. The van der Waals surface area contributed by atoms with E-state index in [0.29, 0.717) is 21.5 Å². The van der Waals surface area contributed by atoms with Crippen LogP contribution in [0.25, 0.3) is 0 Å². The maximum absolute atomic E-state index is 12.2. The number of methoxy groups -OCH3 is 1. The minimum absolute atomic E-state index is 0.0610. The number of amides is 1. The second-order valence-corrected chi connectivity index (χ2v) is 5.88. The van der Waals surface area contributed by atoms with E-state index in [2.05, 4.69) is 26.6 Å². The molecule has 5 nitrogen and oxygen atoms in total. The highest BCUT2D eigenvalue weighted by Gasteiger charge is 2.10. The zero-order valence-corrected chi connectivity index (χ0v) is 14.7. The molecule has 0 aromatic heterocycles. The number of carbonyl (C=O) groups excluding carboxylic acids is 1. The quantitative estimate of drug-likeness (QED) is 0.695. The summed E-state index contributed by atoms with van der Waals surface area (Å²) in [6, 6.07) is 12.1. The Balaban J connectivity index is 2.01. The van der Waals surface area contributed by atoms with Crippen molar-refractivity contribution in [2.45, 2.75) is 6.61 Å². The minimum atomic E-state index is -0.329. The van der Waals surface area contributed by atoms with Crippen LogP contribution in [0.1, 0.15) is 15.9 Å². The van der Waals surface area contributed by atoms with Crippen LogP contribution in [0, 0.1) is 0 Å². The Kier molecular flexibility index (Phi) is 6.09. The first-order valence-corrected chi connectivity index (χ1v) is 7.89. The van der Waals surface area contributed by atoms with Crippen molar-refractivity contribution in [3.05, 3.63) is 58.1 Å². The van der Waals surface area contributed by atoms with Crippen molar-refractivity contribution in [2.75, 3.05) is 12.4 Å². The minimum Gasteiger partial charge on any atom is -0.496 e. The third kappa shape index (κ3) is 4.75. The van der Waals surface area contributed by atoms with Gasteiger partial charge in [-0.15, -0.1) is 0 Å². The van der Waals surface area contributed by atoms with E-state index in [1.54, 1.807) is 49.6 Å². The van der Waals surface area contributed by atoms with Gasteiger partial charge in [-0.2, -0.15) is 0 Å². The van der Waals surface area contributed by atoms with Gasteiger partial charge in [-0.3, -0.25) is 10.1 Å². The molecule has 23 heavy (non-hydrogen) atoms. The van der Waals surface area contributed by atoms with Crippen LogP contribution in [0.5, 0.6) is 5.75 Å². The zero-order chi connectivity index (χ0) is 16.8. The lowest BCUT2D eigenvalue weighted by Gasteiger charge is -2.11. The zero-order valence-electron chi connectivity index (χ0n) is 12.3. The van der Waals surface area contributed by atoms with Gasteiger partial charge in [-0.05, 0) is 64.0 Å². The Hall–Kier alpha value is -1.96. The lowest BCUT2D eigenvalue weighted by molar-refractivity contribution is 0.0977. The standard InChI is InChI=1S/C16H15BrN2O3S/c1-22-14-6-5-11(8-13(14)17)15(21)19-16(23)18-12-4-2-3-10(7-12)9-20/h2-8,20H,9H2,1H3,(H2,18,19,21,23). The first-order valence-electron chi connectivity index (χ1n) is 6.69. The summed E-state index contributed by atoms with van der Waals surface area (Å²) in [5.41, 5.74) is 1.90. The maximum Gasteiger partial charge on any atom is 0.257 e. The molecule has 7 heteroatoms. The summed E-state index contributed by atoms with van der Waals surface area (Å²) < 4.78 is 5.81. The van der Waals surface area contributed by atoms with Crippen molar-refractivity contribution >= 4 is 44.9 Å². The van der Waals surface area contributed by atoms with Crippen LogP contribution < -0.4 is 15.4 Å². The average molecular weight is 395 g/mol. The third-order valence-corrected chi connectivity index (χ3v) is 3.83. The predicted octanol–water partition coefficient (Wildman–Crippen LogP) is 3.08. The number of nitrogens with one attached hydrogen (secondary N) is 2. The number of thiocarbonyl (C=S) groups is 1. The van der Waals surface area contributed by atoms with Crippen molar-refractivity contribution in [2.24, 2.45) is 0 Å². The lowest BCUT2D eigenvalue weighted by atomic mass is 10.2. The van der Waals surface area contributed by atoms with Crippen molar-refractivity contribution < 1.29 is 14.6 Å². The average Bonchev–Trinajstić information content (AvgIpc) is 2.54. The smallest absolute Gasteiger partial charge is 0.257 e. The van der Waals surface area contributed by atoms with Crippen LogP contribution in [0.15, 0.2) is 46.9 Å². The summed E-state index contributed by atoms with van der Waals surface area (Å²) in [4.78, 5) is 12.2. The first kappa shape index (κ1) is 17.4. The number of rotatable bonds is 4. The number of carbonyl (C=O) groups is 1. The van der Waals surface area contributed by atoms with E-state index in [4.69, 9.17) is 22.1 Å². The van der Waals surface area contributed by atoms with Crippen LogP contribution in [0.3, 0.4) is 0 Å². The highest BCUT2D eigenvalue weighted by molar-refractivity contribution is 9.10. The number of aliphatic hydroxyl groups is 1. The molecule has 0 heterocycles. The lowest BCUT2D eigenvalue weighted by Crippen LogP contribution is -2.34. The molecule has 0 bridgehead atoms. The van der Waals surface area contributed by atoms with Crippen LogP contribution in [0.4, 0.5) is 5.69 Å². The SMILES string of the molecule is COc1ccc(C(=O)NC(=S)Nc2cccc(CO)c2)cc1Br. The summed E-state index contributed by atoms with van der Waals surface area (Å²) in [6.45, 7) is -0.0610. The van der Waals surface area contributed by atoms with Gasteiger partial charge < -0.3 is 15.2 Å². The maximum atomic E-state index is 12.2. The molecule has 2 aromatic rings. The number of hydrogen-bond acceptors (Lipinski definition) is 4. The predicted molar refractivity (Wildman–Crippen MR) is 96.7 cm³/mol. The van der Waals surface area contributed by atoms with Crippen LogP contribution in [0.2, 0.25) is 0 Å². The molecule has 2 aromatic carbocycles. The number of ether oxygens (including phenoxy) is 1. The van der Waals surface area contributed by atoms with Gasteiger partial charge >= 0.3 is 0 Å². The molecule has 0 aliphatic heterocycles. The molecule has 0 fully saturated rings. The summed E-state index contributed by atoms with van der Waals surface area (Å²) in [5.74, 6) is 0.312. The number of anilines is 1. The van der Waals surface area contributed by atoms with Gasteiger partial charge in [-0.25, -0.2) is 0 Å². The molecule has 3 N–H and O–H groups in total. The van der Waals surface area contributed by atoms with Gasteiger partial charge in [0.05, 0.1) is 18.2 Å². The molecular formula is C16H15BrN2O3S. The molecule has 0 atom stereocenters. The van der Waals surface area contributed by atoms with Crippen molar-refractivity contribution in [3.63, 3.8) is 0 Å². The summed E-state index contributed by atoms with van der Waals surface area (Å²) >= 11 is 8.47. The molecule has 0 aliphatic carbocycles. The van der Waals surface area contributed by atoms with E-state index in [1.807, 2.05) is 0 Å². The fraction of sp³-hybridized carbons (Fsp3) is 0.125. The highest BCUT2D eigenvalue weighted by Crippen LogP contribution is 2.25. The Labute approximate surface area is 147 Å². The van der Waals surface area contributed by atoms with E-state index < -0.39 is 0 Å². The fourth-order valence-electron chi connectivity index (χ4n) is 1.89. The summed E-state index contributed by atoms with van der Waals surface area (Å²) in [7, 11) is 1.55. The molecule has 120 valence electrons. The van der Waals surface area contributed by atoms with E-state index >= 15 is 0 Å². The molecule has 0 spiro atoms. The van der Waals surface area contributed by atoms with Gasteiger partial charge in [0, 0.05) is 11.3 Å². The molecule has 0 saturated heterocycles. The normalized spacial score (nSPS) is 10.0. The Morgan fingerprint density at radius 3 is 2.74 bits per heavy atom. The van der Waals surface area contributed by atoms with Gasteiger partial charge in [0.15, 0.2) is 5.11 Å². The molecule has 0 saturated carbocycles. The van der Waals surface area contributed by atoms with Gasteiger partial charge in [0.25, 0.3) is 5.91 Å². The first-order chi connectivity index (χ1) is 11.0. The summed E-state index contributed by atoms with van der Waals surface area (Å²) in [5, 5.41) is 14.8. The molecular weight excluding hydrogens is 380 g/mol. The monoisotopic (exact) mass is 394 g/mol. The molecule has 0 aliphatic rings. The number of hydrogen-bond donors (Lipinski definition) is 3. The number of halogens is 1. The molecule has 0 radical (unpaired) electrons. The van der Waals surface area contributed by atoms with Gasteiger partial charge in [-0.1, -0.05) is 12.1 Å². The van der Waals surface area contributed by atoms with Gasteiger partial charge in [0.2, 0.25) is 0 Å². The van der Waals surface area contributed by atoms with Crippen molar-refractivity contribution in [1.29, 1.82) is 0 Å². The summed E-state index contributed by atoms with van der Waals surface area (Å²) in [6.07, 6.45) is 0. The Morgan fingerprint density at radius 2 is 2.09 bits per heavy atom. The van der Waals surface area contributed by atoms with E-state index in [9.17, 15) is 4.79 Å². The van der Waals surface area contributed by atoms with Gasteiger partial charge in [0.1, 0.15) is 5.75 Å². The van der Waals surface area contributed by atoms with E-state index in [-0.39, 0.29) is 17.6 Å². The van der Waals surface area contributed by atoms with Crippen LogP contribution in [-0.2, 0) is 6.61 Å². The second-order valence-electron chi connectivity index (χ2n) is 4.62. The number of aliphatic hydroxyl groups excluding tert-OH is 1. The number of benzene rings is 2. The Morgan fingerprint density at radius 1 is 1.30 bits per heavy atom. The van der Waals surface area contributed by atoms with Crippen LogP contribution >= 0.6 is 28.1 Å². The third-order valence-electron chi connectivity index (χ3n) is 3.01. The molecule has 1 amide bonds. The fourth-order valence-corrected chi connectivity index (χ4v) is 2.64. The van der Waals surface area contributed by atoms with Crippen molar-refractivity contribution in [3.8, 4) is 5.75 Å². The Bertz CT molecular complexity index is 737.